The molecular weight excluding hydrogens is 294 g/mol. The topological polar surface area (TPSA) is 64.1 Å². The normalized spacial score (nSPS) is 30.6. The van der Waals surface area contributed by atoms with Gasteiger partial charge in [-0.1, -0.05) is 30.3 Å². The Balaban J connectivity index is 1.54. The number of amides is 2. The summed E-state index contributed by atoms with van der Waals surface area (Å²) in [6, 6.07) is 9.80. The number of carbonyl (C=O) groups excluding carboxylic acids is 2. The number of likely N-dealkylation sites (N-methyl/N-ethyl adjacent to an activating group) is 1. The number of likely N-dealkylation sites (tertiary alicyclic amines) is 1. The van der Waals surface area contributed by atoms with Gasteiger partial charge in [0, 0.05) is 33.2 Å². The molecule has 1 spiro atoms. The van der Waals surface area contributed by atoms with Crippen molar-refractivity contribution in [3.8, 4) is 0 Å². The van der Waals surface area contributed by atoms with E-state index in [2.05, 4.69) is 17.0 Å². The summed E-state index contributed by atoms with van der Waals surface area (Å²) >= 11 is 0. The zero-order chi connectivity index (χ0) is 16.2. The van der Waals surface area contributed by atoms with Crippen molar-refractivity contribution >= 4 is 11.8 Å². The molecule has 2 atom stereocenters. The smallest absolute Gasteiger partial charge is 0.252 e. The molecule has 1 N–H and O–H groups in total. The van der Waals surface area contributed by atoms with Crippen molar-refractivity contribution in [2.75, 3.05) is 26.7 Å². The fourth-order valence-corrected chi connectivity index (χ4v) is 4.24. The number of benzene rings is 1. The second kappa shape index (κ2) is 5.12. The largest absolute Gasteiger partial charge is 0.392 e. The van der Waals surface area contributed by atoms with Gasteiger partial charge in [-0.25, -0.2) is 0 Å². The van der Waals surface area contributed by atoms with Gasteiger partial charge in [-0.3, -0.25) is 24.3 Å². The molecule has 23 heavy (non-hydrogen) atoms. The van der Waals surface area contributed by atoms with Crippen LogP contribution in [0.5, 0.6) is 0 Å². The number of nitrogens with zero attached hydrogens (tertiary/aromatic N) is 3. The zero-order valence-electron chi connectivity index (χ0n) is 13.2. The van der Waals surface area contributed by atoms with Crippen LogP contribution in [0.3, 0.4) is 0 Å². The molecule has 122 valence electrons. The Kier molecular flexibility index (Phi) is 3.30. The van der Waals surface area contributed by atoms with Gasteiger partial charge in [-0.05, 0) is 12.0 Å². The van der Waals surface area contributed by atoms with Gasteiger partial charge in [0.2, 0.25) is 5.91 Å². The molecule has 1 aromatic rings. The molecule has 3 fully saturated rings. The highest BCUT2D eigenvalue weighted by Crippen LogP contribution is 2.40. The predicted molar refractivity (Wildman–Crippen MR) is 83.3 cm³/mol. The predicted octanol–water partition coefficient (Wildman–Crippen LogP) is -0.325. The molecule has 0 aliphatic carbocycles. The molecule has 0 aromatic heterocycles. The number of rotatable bonds is 2. The monoisotopic (exact) mass is 315 g/mol. The Morgan fingerprint density at radius 3 is 2.61 bits per heavy atom. The average molecular weight is 315 g/mol. The van der Waals surface area contributed by atoms with Crippen molar-refractivity contribution < 1.29 is 14.7 Å². The summed E-state index contributed by atoms with van der Waals surface area (Å²) in [4.78, 5) is 30.5. The summed E-state index contributed by atoms with van der Waals surface area (Å²) in [6.45, 7) is 2.44. The standard InChI is InChI=1S/C17H21N3O3/c1-18-15(22)14-7-13(21)9-20(14)17(16(18)23)10-19(11-17)8-12-5-3-2-4-6-12/h2-6,13-14,21H,7-11H2,1H3/t13-,14+/m1/s1. The first kappa shape index (κ1) is 14.8. The first-order valence-electron chi connectivity index (χ1n) is 8.04. The van der Waals surface area contributed by atoms with Gasteiger partial charge < -0.3 is 5.11 Å². The molecule has 3 aliphatic rings. The fourth-order valence-electron chi connectivity index (χ4n) is 4.24. The molecule has 2 amide bonds. The molecule has 6 nitrogen and oxygen atoms in total. The van der Waals surface area contributed by atoms with Gasteiger partial charge in [0.15, 0.2) is 0 Å². The van der Waals surface area contributed by atoms with Crippen LogP contribution in [0.2, 0.25) is 0 Å². The lowest BCUT2D eigenvalue weighted by Crippen LogP contribution is -2.80. The Bertz CT molecular complexity index is 642. The average Bonchev–Trinajstić information content (AvgIpc) is 2.90. The van der Waals surface area contributed by atoms with E-state index >= 15 is 0 Å². The lowest BCUT2D eigenvalue weighted by atomic mass is 9.82. The van der Waals surface area contributed by atoms with Crippen LogP contribution < -0.4 is 0 Å². The van der Waals surface area contributed by atoms with Crippen LogP contribution in [0, 0.1) is 0 Å². The number of hydrogen-bond acceptors (Lipinski definition) is 5. The van der Waals surface area contributed by atoms with Crippen LogP contribution in [-0.2, 0) is 16.1 Å². The van der Waals surface area contributed by atoms with E-state index in [1.807, 2.05) is 23.1 Å². The number of carbonyl (C=O) groups is 2. The minimum Gasteiger partial charge on any atom is -0.392 e. The number of aliphatic hydroxyl groups excluding tert-OH is 1. The molecule has 0 bridgehead atoms. The number of piperazine rings is 1. The maximum absolute atomic E-state index is 12.7. The van der Waals surface area contributed by atoms with E-state index < -0.39 is 11.6 Å². The fraction of sp³-hybridized carbons (Fsp3) is 0.529. The number of hydrogen-bond donors (Lipinski definition) is 1. The van der Waals surface area contributed by atoms with Gasteiger partial charge in [0.25, 0.3) is 5.91 Å². The SMILES string of the molecule is CN1C(=O)[C@@H]2C[C@@H](O)CN2C2(CN(Cc3ccccc3)C2)C1=O. The zero-order valence-corrected chi connectivity index (χ0v) is 13.2. The second-order valence-electron chi connectivity index (χ2n) is 6.92. The van der Waals surface area contributed by atoms with Gasteiger partial charge in [0.05, 0.1) is 12.1 Å². The van der Waals surface area contributed by atoms with Gasteiger partial charge in [-0.2, -0.15) is 0 Å². The minimum absolute atomic E-state index is 0.128. The molecule has 3 aliphatic heterocycles. The Labute approximate surface area is 135 Å². The van der Waals surface area contributed by atoms with Gasteiger partial charge in [0.1, 0.15) is 5.54 Å². The molecule has 1 aromatic carbocycles. The third kappa shape index (κ3) is 2.13. The Hall–Kier alpha value is -1.76. The molecule has 3 saturated heterocycles. The summed E-state index contributed by atoms with van der Waals surface area (Å²) in [5.74, 6) is -0.309. The molecule has 3 heterocycles. The maximum Gasteiger partial charge on any atom is 0.252 e. The molecule has 0 unspecified atom stereocenters. The Morgan fingerprint density at radius 2 is 1.91 bits per heavy atom. The molecule has 0 radical (unpaired) electrons. The van der Waals surface area contributed by atoms with Crippen molar-refractivity contribution in [2.24, 2.45) is 0 Å². The second-order valence-corrected chi connectivity index (χ2v) is 6.92. The summed E-state index contributed by atoms with van der Waals surface area (Å²) in [6.07, 6.45) is -0.0973. The molecule has 4 rings (SSSR count). The number of fused-ring (bicyclic) bond motifs is 2. The first-order valence-corrected chi connectivity index (χ1v) is 8.04. The summed E-state index contributed by atoms with van der Waals surface area (Å²) in [5, 5.41) is 9.97. The van der Waals surface area contributed by atoms with Crippen LogP contribution in [0.25, 0.3) is 0 Å². The van der Waals surface area contributed by atoms with E-state index in [9.17, 15) is 14.7 Å². The highest BCUT2D eigenvalue weighted by Gasteiger charge is 2.63. The summed E-state index contributed by atoms with van der Waals surface area (Å²) in [5.41, 5.74) is 0.576. The maximum atomic E-state index is 12.7. The van der Waals surface area contributed by atoms with E-state index in [1.165, 1.54) is 10.5 Å². The van der Waals surface area contributed by atoms with E-state index in [0.717, 1.165) is 6.54 Å². The van der Waals surface area contributed by atoms with Crippen LogP contribution in [0.1, 0.15) is 12.0 Å². The van der Waals surface area contributed by atoms with Crippen LogP contribution in [-0.4, -0.2) is 76.0 Å². The van der Waals surface area contributed by atoms with E-state index in [1.54, 1.807) is 7.05 Å². The minimum atomic E-state index is -0.639. The lowest BCUT2D eigenvalue weighted by Gasteiger charge is -2.58. The van der Waals surface area contributed by atoms with Crippen LogP contribution in [0.15, 0.2) is 30.3 Å². The van der Waals surface area contributed by atoms with Crippen molar-refractivity contribution in [3.05, 3.63) is 35.9 Å². The van der Waals surface area contributed by atoms with Crippen molar-refractivity contribution in [2.45, 2.75) is 30.7 Å². The number of imide groups is 1. The Morgan fingerprint density at radius 1 is 1.22 bits per heavy atom. The van der Waals surface area contributed by atoms with E-state index in [-0.39, 0.29) is 17.9 Å². The quantitative estimate of drug-likeness (QED) is 0.758. The highest BCUT2D eigenvalue weighted by molar-refractivity contribution is 6.05. The third-order valence-electron chi connectivity index (χ3n) is 5.37. The highest BCUT2D eigenvalue weighted by atomic mass is 16.3. The number of β-amino-alcohol motifs (C(OH)–C–C–N with tert-alkyl or cyclic N) is 1. The van der Waals surface area contributed by atoms with Gasteiger partial charge >= 0.3 is 0 Å². The van der Waals surface area contributed by atoms with Gasteiger partial charge in [-0.15, -0.1) is 0 Å². The molecule has 0 saturated carbocycles. The van der Waals surface area contributed by atoms with E-state index in [0.29, 0.717) is 26.1 Å². The van der Waals surface area contributed by atoms with Crippen molar-refractivity contribution in [3.63, 3.8) is 0 Å². The van der Waals surface area contributed by atoms with E-state index in [4.69, 9.17) is 0 Å². The lowest BCUT2D eigenvalue weighted by molar-refractivity contribution is -0.178. The first-order chi connectivity index (χ1) is 11.0. The number of aliphatic hydroxyl groups is 1. The van der Waals surface area contributed by atoms with Crippen LogP contribution >= 0.6 is 0 Å². The van der Waals surface area contributed by atoms with Crippen molar-refractivity contribution in [1.29, 1.82) is 0 Å². The molecular formula is C17H21N3O3. The summed E-state index contributed by atoms with van der Waals surface area (Å²) < 4.78 is 0. The third-order valence-corrected chi connectivity index (χ3v) is 5.37. The van der Waals surface area contributed by atoms with Crippen LogP contribution in [0.4, 0.5) is 0 Å². The van der Waals surface area contributed by atoms with Crippen molar-refractivity contribution in [1.82, 2.24) is 14.7 Å². The molecule has 6 heteroatoms. The summed E-state index contributed by atoms with van der Waals surface area (Å²) in [7, 11) is 1.56.